The molecule has 0 saturated carbocycles. The Hall–Kier alpha value is -2.67. The number of nitrogens with one attached hydrogen (secondary N) is 2. The van der Waals surface area contributed by atoms with E-state index in [0.29, 0.717) is 0 Å². The van der Waals surface area contributed by atoms with Crippen LogP contribution in [-0.4, -0.2) is 60.4 Å². The van der Waals surface area contributed by atoms with Gasteiger partial charge in [-0.05, 0) is 36.4 Å². The smallest absolute Gasteiger partial charge is 0.245 e. The number of hydrogen-bond donors (Lipinski definition) is 3. The first-order valence-electron chi connectivity index (χ1n) is 11.8. The third kappa shape index (κ3) is 7.42. The summed E-state index contributed by atoms with van der Waals surface area (Å²) in [4.78, 5) is 28.9. The summed E-state index contributed by atoms with van der Waals surface area (Å²) in [5.74, 6) is -0.274. The summed E-state index contributed by atoms with van der Waals surface area (Å²) in [5, 5.41) is 18.1. The van der Waals surface area contributed by atoms with Crippen molar-refractivity contribution in [3.63, 3.8) is 0 Å². The van der Waals surface area contributed by atoms with Crippen LogP contribution in [0.4, 0.5) is 0 Å². The normalized spacial score (nSPS) is 15.8. The van der Waals surface area contributed by atoms with Gasteiger partial charge in [0, 0.05) is 12.5 Å². The fourth-order valence-electron chi connectivity index (χ4n) is 4.23. The van der Waals surface area contributed by atoms with Crippen LogP contribution in [0.15, 0.2) is 47.1 Å². The number of likely N-dealkylation sites (N-methyl/N-ethyl adjacent to an activating group) is 2. The van der Waals surface area contributed by atoms with Crippen LogP contribution in [0.3, 0.4) is 0 Å². The van der Waals surface area contributed by atoms with E-state index in [1.54, 1.807) is 19.0 Å². The maximum absolute atomic E-state index is 13.7. The van der Waals surface area contributed by atoms with Gasteiger partial charge in [-0.15, -0.1) is 0 Å². The number of allylic oxidation sites excluding steroid dienone is 1. The second-order valence-electron chi connectivity index (χ2n) is 11.0. The lowest BCUT2D eigenvalue weighted by Gasteiger charge is -2.40. The van der Waals surface area contributed by atoms with E-state index in [2.05, 4.69) is 15.8 Å². The quantitative estimate of drug-likeness (QED) is 0.273. The van der Waals surface area contributed by atoms with Gasteiger partial charge in [-0.25, -0.2) is 0 Å². The molecule has 0 aliphatic carbocycles. The molecular formula is C27H44N4O3. The highest BCUT2D eigenvalue weighted by Crippen LogP contribution is 2.29. The molecule has 1 aromatic carbocycles. The van der Waals surface area contributed by atoms with Crippen molar-refractivity contribution in [2.45, 2.75) is 78.9 Å². The number of carbonyl (C=O) groups is 2. The minimum atomic E-state index is -0.728. The van der Waals surface area contributed by atoms with Gasteiger partial charge in [0.25, 0.3) is 0 Å². The van der Waals surface area contributed by atoms with Crippen LogP contribution >= 0.6 is 0 Å². The Balaban J connectivity index is 3.27. The van der Waals surface area contributed by atoms with E-state index in [1.165, 1.54) is 6.21 Å². The van der Waals surface area contributed by atoms with E-state index in [-0.39, 0.29) is 23.8 Å². The van der Waals surface area contributed by atoms with Gasteiger partial charge in [0.05, 0.1) is 18.3 Å². The predicted octanol–water partition coefficient (Wildman–Crippen LogP) is 3.97. The zero-order valence-electron chi connectivity index (χ0n) is 22.5. The van der Waals surface area contributed by atoms with Crippen molar-refractivity contribution >= 4 is 18.0 Å². The number of hydrogen-bond acceptors (Lipinski definition) is 5. The summed E-state index contributed by atoms with van der Waals surface area (Å²) >= 11 is 0. The first-order chi connectivity index (χ1) is 15.7. The van der Waals surface area contributed by atoms with Gasteiger partial charge < -0.3 is 20.7 Å². The number of carbonyl (C=O) groups excluding carboxylic acids is 2. The molecule has 7 heteroatoms. The molecule has 2 amide bonds. The van der Waals surface area contributed by atoms with Crippen molar-refractivity contribution in [3.8, 4) is 0 Å². The highest BCUT2D eigenvalue weighted by atomic mass is 16.4. The first kappa shape index (κ1) is 29.4. The molecule has 7 nitrogen and oxygen atoms in total. The fraction of sp³-hybridized carbons (Fsp3) is 0.593. The fourth-order valence-corrected chi connectivity index (χ4v) is 4.23. The van der Waals surface area contributed by atoms with Crippen LogP contribution < -0.4 is 10.6 Å². The molecule has 0 aliphatic rings. The molecule has 3 atom stereocenters. The molecule has 0 aromatic heterocycles. The average Bonchev–Trinajstić information content (AvgIpc) is 2.75. The highest BCUT2D eigenvalue weighted by molar-refractivity contribution is 5.91. The molecule has 190 valence electrons. The first-order valence-corrected chi connectivity index (χ1v) is 11.8. The van der Waals surface area contributed by atoms with E-state index in [9.17, 15) is 9.59 Å². The Morgan fingerprint density at radius 2 is 1.62 bits per heavy atom. The standard InChI is InChI=1S/C27H44N4O3/c1-18(2)21(16-19(3)17-29-34)31(10)25(33)23(26(4,5)6)30-24(32)22(28-9)27(7,8)20-14-12-11-13-15-20/h11-18,21-23,28,34H,1-10H3,(H,30,32)/b19-16+,29-17+/t21-,22?,23?/m1/s1. The maximum Gasteiger partial charge on any atom is 0.245 e. The van der Waals surface area contributed by atoms with Gasteiger partial charge in [0.2, 0.25) is 11.8 Å². The Morgan fingerprint density at radius 3 is 2.06 bits per heavy atom. The zero-order valence-corrected chi connectivity index (χ0v) is 22.5. The van der Waals surface area contributed by atoms with E-state index in [0.717, 1.165) is 11.1 Å². The maximum atomic E-state index is 13.7. The summed E-state index contributed by atoms with van der Waals surface area (Å²) < 4.78 is 0. The van der Waals surface area contributed by atoms with Crippen molar-refractivity contribution in [2.75, 3.05) is 14.1 Å². The Labute approximate surface area is 205 Å². The summed E-state index contributed by atoms with van der Waals surface area (Å²) in [6.45, 7) is 15.8. The SMILES string of the molecule is CNC(C(=O)NC(C(=O)N(C)[C@H](/C=C(C)/C=N/O)C(C)C)C(C)(C)C)C(C)(C)c1ccccc1. The molecule has 0 spiro atoms. The molecule has 0 fully saturated rings. The van der Waals surface area contributed by atoms with E-state index in [4.69, 9.17) is 5.21 Å². The van der Waals surface area contributed by atoms with Crippen molar-refractivity contribution in [1.29, 1.82) is 0 Å². The van der Waals surface area contributed by atoms with Gasteiger partial charge in [-0.2, -0.15) is 0 Å². The number of rotatable bonds is 10. The number of amides is 2. The predicted molar refractivity (Wildman–Crippen MR) is 139 cm³/mol. The topological polar surface area (TPSA) is 94.0 Å². The molecule has 1 aromatic rings. The number of oxime groups is 1. The summed E-state index contributed by atoms with van der Waals surface area (Å²) in [6, 6.07) is 8.39. The molecule has 0 heterocycles. The molecule has 34 heavy (non-hydrogen) atoms. The second-order valence-corrected chi connectivity index (χ2v) is 11.0. The van der Waals surface area contributed by atoms with Crippen LogP contribution in [-0.2, 0) is 15.0 Å². The van der Waals surface area contributed by atoms with E-state index in [1.807, 2.05) is 91.8 Å². The van der Waals surface area contributed by atoms with E-state index >= 15 is 0 Å². The Morgan fingerprint density at radius 1 is 1.06 bits per heavy atom. The third-order valence-corrected chi connectivity index (χ3v) is 6.36. The lowest BCUT2D eigenvalue weighted by molar-refractivity contribution is -0.140. The molecule has 0 saturated heterocycles. The molecule has 1 rings (SSSR count). The largest absolute Gasteiger partial charge is 0.411 e. The van der Waals surface area contributed by atoms with Crippen molar-refractivity contribution in [1.82, 2.24) is 15.5 Å². The summed E-state index contributed by atoms with van der Waals surface area (Å²) in [6.07, 6.45) is 3.25. The number of benzene rings is 1. The van der Waals surface area contributed by atoms with Gasteiger partial charge in [0.15, 0.2) is 0 Å². The molecule has 3 N–H and O–H groups in total. The minimum Gasteiger partial charge on any atom is -0.411 e. The summed E-state index contributed by atoms with van der Waals surface area (Å²) in [7, 11) is 3.52. The molecule has 2 unspecified atom stereocenters. The second kappa shape index (κ2) is 12.2. The molecule has 0 radical (unpaired) electrons. The lowest BCUT2D eigenvalue weighted by Crippen LogP contribution is -2.61. The lowest BCUT2D eigenvalue weighted by atomic mass is 9.76. The van der Waals surface area contributed by atoms with Gasteiger partial charge in [-0.3, -0.25) is 9.59 Å². The average molecular weight is 473 g/mol. The van der Waals surface area contributed by atoms with Crippen LogP contribution in [0.5, 0.6) is 0 Å². The number of nitrogens with zero attached hydrogens (tertiary/aromatic N) is 2. The summed E-state index contributed by atoms with van der Waals surface area (Å²) in [5.41, 5.74) is 0.771. The van der Waals surface area contributed by atoms with Crippen LogP contribution in [0.2, 0.25) is 0 Å². The zero-order chi connectivity index (χ0) is 26.3. The third-order valence-electron chi connectivity index (χ3n) is 6.36. The Kier molecular flexibility index (Phi) is 10.5. The van der Waals surface area contributed by atoms with Crippen LogP contribution in [0.1, 0.15) is 61.0 Å². The highest BCUT2D eigenvalue weighted by Gasteiger charge is 2.41. The molecular weight excluding hydrogens is 428 g/mol. The molecule has 0 aliphatic heterocycles. The van der Waals surface area contributed by atoms with Crippen LogP contribution in [0.25, 0.3) is 0 Å². The minimum absolute atomic E-state index is 0.120. The Bertz CT molecular complexity index is 870. The molecule has 0 bridgehead atoms. The van der Waals surface area contributed by atoms with Crippen molar-refractivity contribution < 1.29 is 14.8 Å². The van der Waals surface area contributed by atoms with Crippen LogP contribution in [0, 0.1) is 11.3 Å². The van der Waals surface area contributed by atoms with Crippen molar-refractivity contribution in [2.24, 2.45) is 16.5 Å². The van der Waals surface area contributed by atoms with E-state index < -0.39 is 22.9 Å². The van der Waals surface area contributed by atoms with Crippen molar-refractivity contribution in [3.05, 3.63) is 47.5 Å². The monoisotopic (exact) mass is 472 g/mol. The van der Waals surface area contributed by atoms with Gasteiger partial charge in [-0.1, -0.05) is 90.0 Å². The van der Waals surface area contributed by atoms with Gasteiger partial charge in [0.1, 0.15) is 6.04 Å². The van der Waals surface area contributed by atoms with Gasteiger partial charge >= 0.3 is 0 Å².